The van der Waals surface area contributed by atoms with Gasteiger partial charge in [-0.3, -0.25) is 9.78 Å². The fourth-order valence-corrected chi connectivity index (χ4v) is 1.55. The fraction of sp³-hybridized carbons (Fsp3) is 0.417. The van der Waals surface area contributed by atoms with E-state index in [4.69, 9.17) is 10.2 Å². The van der Waals surface area contributed by atoms with Crippen LogP contribution in [0.4, 0.5) is 0 Å². The molecule has 98 valence electrons. The maximum absolute atomic E-state index is 11.9. The lowest BCUT2D eigenvalue weighted by Gasteiger charge is -2.14. The Morgan fingerprint density at radius 3 is 2.56 bits per heavy atom. The Hall–Kier alpha value is -1.95. The number of amides is 1. The number of nitrogens with zero attached hydrogens (tertiary/aromatic N) is 1. The molecule has 0 fully saturated rings. The summed E-state index contributed by atoms with van der Waals surface area (Å²) < 4.78 is 0. The number of hydrogen-bond donors (Lipinski definition) is 3. The van der Waals surface area contributed by atoms with E-state index in [9.17, 15) is 9.59 Å². The molecule has 3 N–H and O–H groups in total. The van der Waals surface area contributed by atoms with Crippen LogP contribution in [0.2, 0.25) is 0 Å². The number of carboxylic acid groups (broad SMARTS) is 1. The molecule has 18 heavy (non-hydrogen) atoms. The molecule has 0 saturated carbocycles. The number of hydrogen-bond acceptors (Lipinski definition) is 4. The van der Waals surface area contributed by atoms with E-state index in [1.165, 1.54) is 0 Å². The summed E-state index contributed by atoms with van der Waals surface area (Å²) in [5.74, 6) is -1.67. The summed E-state index contributed by atoms with van der Waals surface area (Å²) in [7, 11) is 0. The van der Waals surface area contributed by atoms with Gasteiger partial charge >= 0.3 is 5.97 Å². The van der Waals surface area contributed by atoms with Gasteiger partial charge in [-0.1, -0.05) is 0 Å². The number of aliphatic hydroxyl groups is 1. The molecule has 1 rings (SSSR count). The van der Waals surface area contributed by atoms with Gasteiger partial charge < -0.3 is 15.5 Å². The van der Waals surface area contributed by atoms with Crippen LogP contribution < -0.4 is 5.32 Å². The zero-order valence-electron chi connectivity index (χ0n) is 10.3. The summed E-state index contributed by atoms with van der Waals surface area (Å²) in [6, 6.07) is 2.19. The van der Waals surface area contributed by atoms with Crippen LogP contribution in [-0.4, -0.2) is 39.7 Å². The van der Waals surface area contributed by atoms with Gasteiger partial charge in [-0.15, -0.1) is 0 Å². The summed E-state index contributed by atoms with van der Waals surface area (Å²) in [6.45, 7) is 3.19. The number of carbonyl (C=O) groups excluding carboxylic acids is 1. The van der Waals surface area contributed by atoms with Gasteiger partial charge in [0, 0.05) is 18.7 Å². The van der Waals surface area contributed by atoms with Crippen LogP contribution in [0.1, 0.15) is 28.2 Å². The maximum Gasteiger partial charge on any atom is 0.326 e. The van der Waals surface area contributed by atoms with Gasteiger partial charge in [0.2, 0.25) is 0 Å². The second kappa shape index (κ2) is 6.11. The van der Waals surface area contributed by atoms with Crippen LogP contribution in [0.15, 0.2) is 12.1 Å². The van der Waals surface area contributed by atoms with Crippen molar-refractivity contribution in [1.82, 2.24) is 10.3 Å². The van der Waals surface area contributed by atoms with Crippen molar-refractivity contribution in [3.05, 3.63) is 29.1 Å². The maximum atomic E-state index is 11.9. The lowest BCUT2D eigenvalue weighted by molar-refractivity contribution is -0.139. The highest BCUT2D eigenvalue weighted by Crippen LogP contribution is 2.07. The second-order valence-electron chi connectivity index (χ2n) is 3.96. The van der Waals surface area contributed by atoms with Gasteiger partial charge in [0.1, 0.15) is 6.04 Å². The molecule has 0 unspecified atom stereocenters. The molecule has 0 saturated heterocycles. The minimum Gasteiger partial charge on any atom is -0.480 e. The molecule has 6 nitrogen and oxygen atoms in total. The highest BCUT2D eigenvalue weighted by molar-refractivity contribution is 5.97. The molecule has 1 heterocycles. The zero-order valence-corrected chi connectivity index (χ0v) is 10.3. The van der Waals surface area contributed by atoms with Crippen LogP contribution in [0, 0.1) is 13.8 Å². The first-order valence-electron chi connectivity index (χ1n) is 5.54. The van der Waals surface area contributed by atoms with Gasteiger partial charge in [0.25, 0.3) is 5.91 Å². The quantitative estimate of drug-likeness (QED) is 0.698. The van der Waals surface area contributed by atoms with Gasteiger partial charge in [-0.2, -0.15) is 0 Å². The van der Waals surface area contributed by atoms with Crippen LogP contribution in [0.25, 0.3) is 0 Å². The minimum atomic E-state index is -1.17. The van der Waals surface area contributed by atoms with Crippen molar-refractivity contribution in [1.29, 1.82) is 0 Å². The third kappa shape index (κ3) is 3.53. The van der Waals surface area contributed by atoms with E-state index < -0.39 is 17.9 Å². The monoisotopic (exact) mass is 252 g/mol. The highest BCUT2D eigenvalue weighted by atomic mass is 16.4. The third-order valence-corrected chi connectivity index (χ3v) is 2.49. The topological polar surface area (TPSA) is 99.5 Å². The number of carbonyl (C=O) groups is 2. The molecule has 6 heteroatoms. The van der Waals surface area contributed by atoms with Crippen LogP contribution in [-0.2, 0) is 4.79 Å². The fourth-order valence-electron chi connectivity index (χ4n) is 1.55. The van der Waals surface area contributed by atoms with E-state index >= 15 is 0 Å². The van der Waals surface area contributed by atoms with E-state index in [2.05, 4.69) is 10.3 Å². The van der Waals surface area contributed by atoms with Crippen LogP contribution in [0.3, 0.4) is 0 Å². The lowest BCUT2D eigenvalue weighted by Crippen LogP contribution is -2.41. The largest absolute Gasteiger partial charge is 0.480 e. The lowest BCUT2D eigenvalue weighted by atomic mass is 10.1. The van der Waals surface area contributed by atoms with Crippen molar-refractivity contribution >= 4 is 11.9 Å². The number of carboxylic acids is 1. The molecule has 1 amide bonds. The predicted molar refractivity (Wildman–Crippen MR) is 64.3 cm³/mol. The normalized spacial score (nSPS) is 11.9. The number of aliphatic carboxylic acids is 1. The summed E-state index contributed by atoms with van der Waals surface area (Å²) in [5.41, 5.74) is 1.67. The molecule has 0 aromatic carbocycles. The van der Waals surface area contributed by atoms with Crippen molar-refractivity contribution in [3.8, 4) is 0 Å². The second-order valence-corrected chi connectivity index (χ2v) is 3.96. The molecule has 0 aliphatic rings. The van der Waals surface area contributed by atoms with E-state index in [-0.39, 0.29) is 13.0 Å². The molecule has 0 bridgehead atoms. The van der Waals surface area contributed by atoms with Crippen molar-refractivity contribution in [2.24, 2.45) is 0 Å². The van der Waals surface area contributed by atoms with E-state index in [1.807, 2.05) is 0 Å². The van der Waals surface area contributed by atoms with Crippen molar-refractivity contribution in [2.45, 2.75) is 26.3 Å². The number of aryl methyl sites for hydroxylation is 2. The predicted octanol–water partition coefficient (Wildman–Crippen LogP) is 0.264. The molecular formula is C12H16N2O4. The molecule has 0 aliphatic carbocycles. The Balaban J connectivity index is 2.83. The summed E-state index contributed by atoms with van der Waals surface area (Å²) >= 11 is 0. The van der Waals surface area contributed by atoms with E-state index in [1.54, 1.807) is 26.0 Å². The van der Waals surface area contributed by atoms with E-state index in [0.717, 1.165) is 5.69 Å². The smallest absolute Gasteiger partial charge is 0.326 e. The Morgan fingerprint density at radius 2 is 2.06 bits per heavy atom. The molecule has 1 atom stereocenters. The number of rotatable bonds is 5. The average molecular weight is 252 g/mol. The van der Waals surface area contributed by atoms with Crippen molar-refractivity contribution in [2.75, 3.05) is 6.61 Å². The molecular weight excluding hydrogens is 236 g/mol. The molecule has 1 aromatic rings. The molecule has 0 spiro atoms. The first-order chi connectivity index (χ1) is 8.45. The van der Waals surface area contributed by atoms with Crippen molar-refractivity contribution in [3.63, 3.8) is 0 Å². The SMILES string of the molecule is Cc1ccc(C(=O)N[C@@H](CCO)C(=O)O)c(C)n1. The number of pyridine rings is 1. The highest BCUT2D eigenvalue weighted by Gasteiger charge is 2.21. The van der Waals surface area contributed by atoms with Gasteiger partial charge in [-0.25, -0.2) is 4.79 Å². The summed E-state index contributed by atoms with van der Waals surface area (Å²) in [4.78, 5) is 26.9. The molecule has 1 aromatic heterocycles. The molecule has 0 aliphatic heterocycles. The van der Waals surface area contributed by atoms with Gasteiger partial charge in [0.05, 0.1) is 11.3 Å². The average Bonchev–Trinajstić information content (AvgIpc) is 2.27. The minimum absolute atomic E-state index is 0.0284. The van der Waals surface area contributed by atoms with Gasteiger partial charge in [0.15, 0.2) is 0 Å². The van der Waals surface area contributed by atoms with Gasteiger partial charge in [-0.05, 0) is 26.0 Å². The Labute approximate surface area is 105 Å². The molecule has 0 radical (unpaired) electrons. The van der Waals surface area contributed by atoms with Crippen LogP contribution >= 0.6 is 0 Å². The number of nitrogens with one attached hydrogen (secondary N) is 1. The first-order valence-corrected chi connectivity index (χ1v) is 5.54. The summed E-state index contributed by atoms with van der Waals surface area (Å²) in [6.07, 6.45) is -0.0284. The Morgan fingerprint density at radius 1 is 1.39 bits per heavy atom. The Bertz CT molecular complexity index is 459. The Kier molecular flexibility index (Phi) is 4.79. The van der Waals surface area contributed by atoms with Crippen molar-refractivity contribution < 1.29 is 19.8 Å². The number of aliphatic hydroxyl groups excluding tert-OH is 1. The van der Waals surface area contributed by atoms with E-state index in [0.29, 0.717) is 11.3 Å². The summed E-state index contributed by atoms with van der Waals surface area (Å²) in [5, 5.41) is 20.0. The first kappa shape index (κ1) is 14.1. The number of aromatic nitrogens is 1. The third-order valence-electron chi connectivity index (χ3n) is 2.49. The van der Waals surface area contributed by atoms with Crippen LogP contribution in [0.5, 0.6) is 0 Å². The standard InChI is InChI=1S/C12H16N2O4/c1-7-3-4-9(8(2)13-7)11(16)14-10(5-6-15)12(17)18/h3-4,10,15H,5-6H2,1-2H3,(H,14,16)(H,17,18)/t10-/m0/s1. The zero-order chi connectivity index (χ0) is 13.7.